The Morgan fingerprint density at radius 2 is 2.05 bits per heavy atom. The zero-order valence-corrected chi connectivity index (χ0v) is 13.5. The molecule has 0 aliphatic heterocycles. The molecular formula is C16H25FN3O2+. The molecule has 0 saturated heterocycles. The Hall–Kier alpha value is -1.95. The Morgan fingerprint density at radius 3 is 2.68 bits per heavy atom. The second-order valence-electron chi connectivity index (χ2n) is 5.54. The van der Waals surface area contributed by atoms with Crippen molar-refractivity contribution in [3.8, 4) is 0 Å². The van der Waals surface area contributed by atoms with E-state index in [-0.39, 0.29) is 24.9 Å². The molecular weight excluding hydrogens is 285 g/mol. The quantitative estimate of drug-likeness (QED) is 0.736. The van der Waals surface area contributed by atoms with Gasteiger partial charge in [0.2, 0.25) is 0 Å². The van der Waals surface area contributed by atoms with Crippen LogP contribution in [0.1, 0.15) is 19.8 Å². The average molecular weight is 310 g/mol. The van der Waals surface area contributed by atoms with E-state index in [0.29, 0.717) is 5.69 Å². The summed E-state index contributed by atoms with van der Waals surface area (Å²) in [5, 5.41) is 2.63. The molecule has 0 aromatic heterocycles. The highest BCUT2D eigenvalue weighted by atomic mass is 19.1. The summed E-state index contributed by atoms with van der Waals surface area (Å²) in [5.74, 6) is -0.622. The minimum Gasteiger partial charge on any atom is -0.341 e. The van der Waals surface area contributed by atoms with Gasteiger partial charge in [0.15, 0.2) is 13.1 Å². The molecule has 1 atom stereocenters. The van der Waals surface area contributed by atoms with E-state index in [1.54, 1.807) is 25.1 Å². The number of anilines is 1. The van der Waals surface area contributed by atoms with Crippen molar-refractivity contribution in [2.75, 3.05) is 39.0 Å². The van der Waals surface area contributed by atoms with Crippen LogP contribution in [-0.2, 0) is 9.59 Å². The number of carbonyl (C=O) groups excluding carboxylic acids is 2. The smallest absolute Gasteiger partial charge is 0.279 e. The summed E-state index contributed by atoms with van der Waals surface area (Å²) in [4.78, 5) is 26.3. The largest absolute Gasteiger partial charge is 0.341 e. The third kappa shape index (κ3) is 6.67. The fraction of sp³-hybridized carbons (Fsp3) is 0.500. The Labute approximate surface area is 131 Å². The summed E-state index contributed by atoms with van der Waals surface area (Å²) in [6.07, 6.45) is 2.01. The minimum atomic E-state index is -0.397. The van der Waals surface area contributed by atoms with E-state index in [4.69, 9.17) is 0 Å². The predicted molar refractivity (Wildman–Crippen MR) is 84.2 cm³/mol. The molecule has 1 rings (SSSR count). The lowest BCUT2D eigenvalue weighted by Crippen LogP contribution is -3.11. The molecule has 2 N–H and O–H groups in total. The Balaban J connectivity index is 2.39. The van der Waals surface area contributed by atoms with Crippen LogP contribution in [0.2, 0.25) is 0 Å². The number of hydrogen-bond acceptors (Lipinski definition) is 2. The van der Waals surface area contributed by atoms with E-state index < -0.39 is 5.82 Å². The third-order valence-electron chi connectivity index (χ3n) is 3.30. The van der Waals surface area contributed by atoms with Gasteiger partial charge in [-0.15, -0.1) is 0 Å². The second kappa shape index (κ2) is 9.15. The lowest BCUT2D eigenvalue weighted by atomic mass is 10.3. The summed E-state index contributed by atoms with van der Waals surface area (Å²) < 4.78 is 13.0. The second-order valence-corrected chi connectivity index (χ2v) is 5.54. The summed E-state index contributed by atoms with van der Waals surface area (Å²) in [7, 11) is 3.56. The third-order valence-corrected chi connectivity index (χ3v) is 3.30. The zero-order valence-electron chi connectivity index (χ0n) is 13.5. The normalized spacial score (nSPS) is 11.8. The zero-order chi connectivity index (χ0) is 16.5. The summed E-state index contributed by atoms with van der Waals surface area (Å²) in [6.45, 7) is 3.23. The first-order valence-corrected chi connectivity index (χ1v) is 7.53. The number of carbonyl (C=O) groups is 2. The first kappa shape index (κ1) is 18.1. The Kier molecular flexibility index (Phi) is 7.52. The number of quaternary nitrogens is 1. The van der Waals surface area contributed by atoms with E-state index in [1.807, 2.05) is 0 Å². The molecule has 0 aliphatic rings. The van der Waals surface area contributed by atoms with Crippen LogP contribution >= 0.6 is 0 Å². The van der Waals surface area contributed by atoms with E-state index in [2.05, 4.69) is 12.2 Å². The van der Waals surface area contributed by atoms with E-state index in [9.17, 15) is 14.0 Å². The van der Waals surface area contributed by atoms with Gasteiger partial charge in [0.25, 0.3) is 11.8 Å². The maximum atomic E-state index is 13.0. The van der Waals surface area contributed by atoms with E-state index in [1.165, 1.54) is 18.2 Å². The fourth-order valence-electron chi connectivity index (χ4n) is 2.02. The summed E-state index contributed by atoms with van der Waals surface area (Å²) in [6, 6.07) is 5.74. The van der Waals surface area contributed by atoms with Crippen molar-refractivity contribution < 1.29 is 18.9 Å². The maximum absolute atomic E-state index is 13.0. The van der Waals surface area contributed by atoms with Gasteiger partial charge in [0.05, 0.1) is 7.05 Å². The average Bonchev–Trinajstić information content (AvgIpc) is 2.44. The monoisotopic (exact) mass is 310 g/mol. The van der Waals surface area contributed by atoms with Crippen LogP contribution in [0.15, 0.2) is 24.3 Å². The topological polar surface area (TPSA) is 53.9 Å². The van der Waals surface area contributed by atoms with Crippen molar-refractivity contribution in [2.24, 2.45) is 0 Å². The molecule has 1 aromatic rings. The molecule has 22 heavy (non-hydrogen) atoms. The lowest BCUT2D eigenvalue weighted by Gasteiger charge is -2.19. The number of halogens is 1. The van der Waals surface area contributed by atoms with Gasteiger partial charge < -0.3 is 15.1 Å². The maximum Gasteiger partial charge on any atom is 0.279 e. The van der Waals surface area contributed by atoms with Gasteiger partial charge in [0, 0.05) is 19.3 Å². The standard InChI is InChI=1S/C16H24FN3O2/c1-4-5-9-20(3)16(22)12-19(2)11-15(21)18-14-8-6-7-13(17)10-14/h6-8,10H,4-5,9,11-12H2,1-3H3,(H,18,21)/p+1. The van der Waals surface area contributed by atoms with Gasteiger partial charge in [-0.2, -0.15) is 0 Å². The van der Waals surface area contributed by atoms with Crippen molar-refractivity contribution in [3.05, 3.63) is 30.1 Å². The minimum absolute atomic E-state index is 0.0181. The Bertz CT molecular complexity index is 508. The molecule has 0 aliphatic carbocycles. The number of benzene rings is 1. The van der Waals surface area contributed by atoms with Gasteiger partial charge in [-0.25, -0.2) is 4.39 Å². The van der Waals surface area contributed by atoms with Crippen LogP contribution in [0, 0.1) is 5.82 Å². The van der Waals surface area contributed by atoms with Gasteiger partial charge in [0.1, 0.15) is 5.82 Å². The number of amides is 2. The molecule has 0 radical (unpaired) electrons. The van der Waals surface area contributed by atoms with E-state index >= 15 is 0 Å². The molecule has 122 valence electrons. The van der Waals surface area contributed by atoms with Gasteiger partial charge in [-0.1, -0.05) is 19.4 Å². The van der Waals surface area contributed by atoms with Crippen LogP contribution in [0.25, 0.3) is 0 Å². The number of nitrogens with one attached hydrogen (secondary N) is 2. The molecule has 5 nitrogen and oxygen atoms in total. The number of likely N-dealkylation sites (N-methyl/N-ethyl adjacent to an activating group) is 2. The van der Waals surface area contributed by atoms with Crippen LogP contribution in [-0.4, -0.2) is 50.4 Å². The van der Waals surface area contributed by atoms with Crippen LogP contribution in [0.3, 0.4) is 0 Å². The SMILES string of the molecule is CCCCN(C)C(=O)C[NH+](C)CC(=O)Nc1cccc(F)c1. The van der Waals surface area contributed by atoms with Crippen molar-refractivity contribution in [3.63, 3.8) is 0 Å². The lowest BCUT2D eigenvalue weighted by molar-refractivity contribution is -0.862. The number of rotatable bonds is 8. The molecule has 1 aromatic carbocycles. The Morgan fingerprint density at radius 1 is 1.32 bits per heavy atom. The van der Waals surface area contributed by atoms with Crippen molar-refractivity contribution in [2.45, 2.75) is 19.8 Å². The van der Waals surface area contributed by atoms with Gasteiger partial charge >= 0.3 is 0 Å². The first-order chi connectivity index (χ1) is 10.4. The number of unbranched alkanes of at least 4 members (excludes halogenated alkanes) is 1. The van der Waals surface area contributed by atoms with Crippen molar-refractivity contribution in [1.29, 1.82) is 0 Å². The van der Waals surface area contributed by atoms with Crippen LogP contribution in [0.5, 0.6) is 0 Å². The highest BCUT2D eigenvalue weighted by molar-refractivity contribution is 5.91. The summed E-state index contributed by atoms with van der Waals surface area (Å²) >= 11 is 0. The molecule has 0 heterocycles. The summed E-state index contributed by atoms with van der Waals surface area (Å²) in [5.41, 5.74) is 0.421. The number of nitrogens with zero attached hydrogens (tertiary/aromatic N) is 1. The van der Waals surface area contributed by atoms with Gasteiger partial charge in [-0.3, -0.25) is 9.59 Å². The molecule has 2 amide bonds. The van der Waals surface area contributed by atoms with Crippen LogP contribution < -0.4 is 10.2 Å². The molecule has 0 spiro atoms. The number of hydrogen-bond donors (Lipinski definition) is 2. The molecule has 6 heteroatoms. The first-order valence-electron chi connectivity index (χ1n) is 7.53. The molecule has 1 unspecified atom stereocenters. The molecule has 0 fully saturated rings. The van der Waals surface area contributed by atoms with E-state index in [0.717, 1.165) is 24.3 Å². The van der Waals surface area contributed by atoms with Crippen molar-refractivity contribution in [1.82, 2.24) is 4.90 Å². The van der Waals surface area contributed by atoms with Gasteiger partial charge in [-0.05, 0) is 24.6 Å². The highest BCUT2D eigenvalue weighted by Crippen LogP contribution is 2.08. The highest BCUT2D eigenvalue weighted by Gasteiger charge is 2.17. The predicted octanol–water partition coefficient (Wildman–Crippen LogP) is 0.537. The van der Waals surface area contributed by atoms with Crippen molar-refractivity contribution >= 4 is 17.5 Å². The molecule has 0 bridgehead atoms. The fourth-order valence-corrected chi connectivity index (χ4v) is 2.02. The van der Waals surface area contributed by atoms with Crippen LogP contribution in [0.4, 0.5) is 10.1 Å². The molecule has 0 saturated carbocycles.